The number of nitrogens with zero attached hydrogens (tertiary/aromatic N) is 1. The minimum absolute atomic E-state index is 0.622. The Hall–Kier alpha value is -1.20. The van der Waals surface area contributed by atoms with Gasteiger partial charge in [0.25, 0.3) is 0 Å². The molecule has 2 aromatic rings. The van der Waals surface area contributed by atoms with Crippen LogP contribution in [-0.4, -0.2) is 17.3 Å². The first-order valence-corrected chi connectivity index (χ1v) is 7.25. The second-order valence-electron chi connectivity index (χ2n) is 3.56. The van der Waals surface area contributed by atoms with Crippen LogP contribution >= 0.6 is 27.7 Å². The van der Waals surface area contributed by atoms with Gasteiger partial charge >= 0.3 is 0 Å². The third-order valence-electron chi connectivity index (χ3n) is 2.17. The zero-order valence-electron chi connectivity index (χ0n) is 9.67. The Kier molecular flexibility index (Phi) is 4.90. The highest BCUT2D eigenvalue weighted by molar-refractivity contribution is 9.10. The summed E-state index contributed by atoms with van der Waals surface area (Å²) in [4.78, 5) is 4.28. The highest BCUT2D eigenvalue weighted by Crippen LogP contribution is 2.24. The zero-order chi connectivity index (χ0) is 12.8. The van der Waals surface area contributed by atoms with Crippen molar-refractivity contribution in [1.29, 1.82) is 0 Å². The Labute approximate surface area is 119 Å². The molecular weight excluding hydrogens is 312 g/mol. The van der Waals surface area contributed by atoms with Crippen LogP contribution in [0, 0.1) is 0 Å². The molecule has 0 aliphatic rings. The summed E-state index contributed by atoms with van der Waals surface area (Å²) >= 11 is 5.12. The van der Waals surface area contributed by atoms with Gasteiger partial charge < -0.3 is 10.5 Å². The number of aromatic nitrogens is 1. The Balaban J connectivity index is 1.78. The molecule has 0 saturated heterocycles. The number of pyridine rings is 1. The number of hydrogen-bond acceptors (Lipinski definition) is 4. The summed E-state index contributed by atoms with van der Waals surface area (Å²) in [5, 5.41) is 0.980. The predicted octanol–water partition coefficient (Wildman–Crippen LogP) is 3.60. The maximum Gasteiger partial charge on any atom is 0.121 e. The SMILES string of the molecule is Nc1cccc(OCCSc2ncccc2Br)c1. The van der Waals surface area contributed by atoms with Gasteiger partial charge in [0.1, 0.15) is 10.8 Å². The van der Waals surface area contributed by atoms with Gasteiger partial charge in [0.2, 0.25) is 0 Å². The van der Waals surface area contributed by atoms with Crippen LogP contribution in [0.1, 0.15) is 0 Å². The molecule has 0 aliphatic heterocycles. The van der Waals surface area contributed by atoms with Gasteiger partial charge in [0, 0.05) is 28.2 Å². The predicted molar refractivity (Wildman–Crippen MR) is 79.0 cm³/mol. The van der Waals surface area contributed by atoms with Gasteiger partial charge in [-0.15, -0.1) is 11.8 Å². The molecule has 0 unspecified atom stereocenters. The van der Waals surface area contributed by atoms with E-state index in [1.807, 2.05) is 36.4 Å². The lowest BCUT2D eigenvalue weighted by Crippen LogP contribution is -2.00. The first-order chi connectivity index (χ1) is 8.75. The number of benzene rings is 1. The molecule has 0 atom stereocenters. The van der Waals surface area contributed by atoms with Crippen LogP contribution in [0.5, 0.6) is 5.75 Å². The van der Waals surface area contributed by atoms with E-state index >= 15 is 0 Å². The first kappa shape index (κ1) is 13.2. The highest BCUT2D eigenvalue weighted by Gasteiger charge is 2.01. The van der Waals surface area contributed by atoms with Gasteiger partial charge in [-0.1, -0.05) is 6.07 Å². The lowest BCUT2D eigenvalue weighted by molar-refractivity contribution is 0.344. The van der Waals surface area contributed by atoms with Crippen molar-refractivity contribution in [2.75, 3.05) is 18.1 Å². The molecule has 1 heterocycles. The minimum atomic E-state index is 0.622. The molecule has 0 saturated carbocycles. The molecule has 3 nitrogen and oxygen atoms in total. The molecule has 0 bridgehead atoms. The molecular formula is C13H13BrN2OS. The van der Waals surface area contributed by atoms with Crippen LogP contribution in [-0.2, 0) is 0 Å². The van der Waals surface area contributed by atoms with Crippen molar-refractivity contribution in [3.05, 3.63) is 47.1 Å². The van der Waals surface area contributed by atoms with Gasteiger partial charge in [0.15, 0.2) is 0 Å². The van der Waals surface area contributed by atoms with Crippen molar-refractivity contribution in [2.24, 2.45) is 0 Å². The largest absolute Gasteiger partial charge is 0.493 e. The average molecular weight is 325 g/mol. The van der Waals surface area contributed by atoms with Crippen LogP contribution in [0.2, 0.25) is 0 Å². The molecule has 0 radical (unpaired) electrons. The van der Waals surface area contributed by atoms with E-state index in [-0.39, 0.29) is 0 Å². The zero-order valence-corrected chi connectivity index (χ0v) is 12.1. The second-order valence-corrected chi connectivity index (χ2v) is 5.50. The quantitative estimate of drug-likeness (QED) is 0.518. The molecule has 2 N–H and O–H groups in total. The molecule has 18 heavy (non-hydrogen) atoms. The van der Waals surface area contributed by atoms with E-state index < -0.39 is 0 Å². The number of nitrogen functional groups attached to an aromatic ring is 1. The number of anilines is 1. The summed E-state index contributed by atoms with van der Waals surface area (Å²) < 4.78 is 6.62. The lowest BCUT2D eigenvalue weighted by atomic mass is 10.3. The Morgan fingerprint density at radius 2 is 2.17 bits per heavy atom. The number of halogens is 1. The fraction of sp³-hybridized carbons (Fsp3) is 0.154. The van der Waals surface area contributed by atoms with E-state index in [1.165, 1.54) is 0 Å². The number of ether oxygens (including phenoxy) is 1. The van der Waals surface area contributed by atoms with E-state index in [1.54, 1.807) is 18.0 Å². The lowest BCUT2D eigenvalue weighted by Gasteiger charge is -2.06. The third kappa shape index (κ3) is 3.92. The minimum Gasteiger partial charge on any atom is -0.493 e. The van der Waals surface area contributed by atoms with E-state index in [0.29, 0.717) is 12.3 Å². The summed E-state index contributed by atoms with van der Waals surface area (Å²) in [5.74, 6) is 1.64. The standard InChI is InChI=1S/C13H13BrN2OS/c14-12-5-2-6-16-13(12)18-8-7-17-11-4-1-3-10(15)9-11/h1-6,9H,7-8,15H2. The molecule has 94 valence electrons. The Morgan fingerprint density at radius 3 is 2.94 bits per heavy atom. The third-order valence-corrected chi connectivity index (χ3v) is 4.05. The van der Waals surface area contributed by atoms with Gasteiger partial charge in [-0.2, -0.15) is 0 Å². The summed E-state index contributed by atoms with van der Waals surface area (Å²) in [5.41, 5.74) is 6.39. The number of hydrogen-bond donors (Lipinski definition) is 1. The van der Waals surface area contributed by atoms with E-state index in [0.717, 1.165) is 21.0 Å². The monoisotopic (exact) mass is 324 g/mol. The van der Waals surface area contributed by atoms with Crippen LogP contribution in [0.4, 0.5) is 5.69 Å². The Morgan fingerprint density at radius 1 is 1.28 bits per heavy atom. The fourth-order valence-electron chi connectivity index (χ4n) is 1.38. The maximum atomic E-state index is 5.67. The summed E-state index contributed by atoms with van der Waals surface area (Å²) in [6.45, 7) is 0.622. The molecule has 5 heteroatoms. The van der Waals surface area contributed by atoms with Crippen molar-refractivity contribution in [3.8, 4) is 5.75 Å². The summed E-state index contributed by atoms with van der Waals surface area (Å²) in [6.07, 6.45) is 1.78. The van der Waals surface area contributed by atoms with Crippen LogP contribution in [0.3, 0.4) is 0 Å². The van der Waals surface area contributed by atoms with E-state index in [4.69, 9.17) is 10.5 Å². The number of nitrogens with two attached hydrogens (primary N) is 1. The van der Waals surface area contributed by atoms with Gasteiger partial charge in [-0.25, -0.2) is 4.98 Å². The average Bonchev–Trinajstić information content (AvgIpc) is 2.37. The van der Waals surface area contributed by atoms with E-state index in [9.17, 15) is 0 Å². The fourth-order valence-corrected chi connectivity index (χ4v) is 2.68. The number of thioether (sulfide) groups is 1. The smallest absolute Gasteiger partial charge is 0.121 e. The van der Waals surface area contributed by atoms with Gasteiger partial charge in [0.05, 0.1) is 6.61 Å². The summed E-state index contributed by atoms with van der Waals surface area (Å²) in [7, 11) is 0. The van der Waals surface area contributed by atoms with Crippen LogP contribution in [0.25, 0.3) is 0 Å². The Bertz CT molecular complexity index is 522. The van der Waals surface area contributed by atoms with Gasteiger partial charge in [-0.05, 0) is 40.2 Å². The molecule has 0 aliphatic carbocycles. The van der Waals surface area contributed by atoms with Gasteiger partial charge in [-0.3, -0.25) is 0 Å². The number of rotatable bonds is 5. The normalized spacial score (nSPS) is 10.3. The van der Waals surface area contributed by atoms with Crippen molar-refractivity contribution in [3.63, 3.8) is 0 Å². The highest BCUT2D eigenvalue weighted by atomic mass is 79.9. The van der Waals surface area contributed by atoms with Crippen LogP contribution in [0.15, 0.2) is 52.1 Å². The van der Waals surface area contributed by atoms with Crippen molar-refractivity contribution in [1.82, 2.24) is 4.98 Å². The topological polar surface area (TPSA) is 48.1 Å². The molecule has 0 fully saturated rings. The van der Waals surface area contributed by atoms with Crippen LogP contribution < -0.4 is 10.5 Å². The van der Waals surface area contributed by atoms with Crippen molar-refractivity contribution in [2.45, 2.75) is 5.03 Å². The molecule has 0 spiro atoms. The summed E-state index contributed by atoms with van der Waals surface area (Å²) in [6, 6.07) is 11.3. The maximum absolute atomic E-state index is 5.67. The second kappa shape index (κ2) is 6.66. The van der Waals surface area contributed by atoms with Crippen molar-refractivity contribution < 1.29 is 4.74 Å². The first-order valence-electron chi connectivity index (χ1n) is 5.47. The molecule has 1 aromatic heterocycles. The van der Waals surface area contributed by atoms with E-state index in [2.05, 4.69) is 20.9 Å². The molecule has 1 aromatic carbocycles. The molecule has 2 rings (SSSR count). The van der Waals surface area contributed by atoms with Crippen molar-refractivity contribution >= 4 is 33.4 Å². The molecule has 0 amide bonds.